The summed E-state index contributed by atoms with van der Waals surface area (Å²) in [4.78, 5) is 84.9. The van der Waals surface area contributed by atoms with Gasteiger partial charge in [-0.05, 0) is 103 Å². The second-order valence-corrected chi connectivity index (χ2v) is 16.7. The topological polar surface area (TPSA) is 232 Å². The maximum atomic E-state index is 14.1. The van der Waals surface area contributed by atoms with E-state index in [0.717, 1.165) is 49.2 Å². The van der Waals surface area contributed by atoms with Crippen LogP contribution in [0.3, 0.4) is 0 Å². The molecule has 21 heteroatoms. The lowest BCUT2D eigenvalue weighted by molar-refractivity contribution is -0.177. The van der Waals surface area contributed by atoms with Crippen molar-refractivity contribution >= 4 is 74.1 Å². The summed E-state index contributed by atoms with van der Waals surface area (Å²) in [6.07, 6.45) is 5.42. The molecule has 4 heterocycles. The van der Waals surface area contributed by atoms with Gasteiger partial charge in [-0.15, -0.1) is 0 Å². The van der Waals surface area contributed by atoms with Crippen LogP contribution in [-0.4, -0.2) is 138 Å². The largest absolute Gasteiger partial charge is 0.497 e. The summed E-state index contributed by atoms with van der Waals surface area (Å²) in [5.74, 6) is -1.80. The zero-order valence-corrected chi connectivity index (χ0v) is 39.5. The van der Waals surface area contributed by atoms with Crippen LogP contribution in [0.2, 0.25) is 0 Å². The van der Waals surface area contributed by atoms with E-state index in [1.807, 2.05) is 18.2 Å². The standard InChI is InChI=1S/C47H53BrN10O10/c1-30(68-45(62)31(2)67-41(60)14-13-40(59)58(46-51-17-18-52-46)38-12-11-37-43(42(38)48)50-16-15-49-37)44(61)66-24-22-57(29-32-7-6-8-35(25-32)64-3)47(63)55-36-10-9-33(34-27-53-54-28-34)26-39(36)65-23-21-56-19-4-5-20-56/h6-12,15-16,25-28,30-31H,4-5,13-14,17-24,29H2,1-3H3,(H,51,52)(H,53,54)(H,55,63). The Morgan fingerprint density at radius 2 is 1.72 bits per heavy atom. The molecule has 0 spiro atoms. The van der Waals surface area contributed by atoms with Crippen LogP contribution in [0.5, 0.6) is 11.5 Å². The summed E-state index contributed by atoms with van der Waals surface area (Å²) in [7, 11) is 1.55. The Hall–Kier alpha value is -7.13. The minimum atomic E-state index is -1.41. The Bertz CT molecular complexity index is 2610. The maximum absolute atomic E-state index is 14.1. The van der Waals surface area contributed by atoms with Crippen molar-refractivity contribution in [2.24, 2.45) is 4.99 Å². The van der Waals surface area contributed by atoms with E-state index in [1.165, 1.54) is 29.8 Å². The van der Waals surface area contributed by atoms with Crippen LogP contribution in [0.4, 0.5) is 16.2 Å². The normalized spacial score (nSPS) is 14.3. The number of likely N-dealkylation sites (tertiary alicyclic amines) is 1. The molecule has 0 bridgehead atoms. The van der Waals surface area contributed by atoms with Crippen LogP contribution in [0.15, 0.2) is 88.8 Å². The summed E-state index contributed by atoms with van der Waals surface area (Å²) in [5, 5.41) is 13.0. The number of fused-ring (bicyclic) bond motifs is 1. The second kappa shape index (κ2) is 23.5. The van der Waals surface area contributed by atoms with E-state index >= 15 is 0 Å². The zero-order valence-electron chi connectivity index (χ0n) is 37.9. The number of nitrogens with zero attached hydrogens (tertiary/aromatic N) is 7. The number of carbonyl (C=O) groups is 5. The SMILES string of the molecule is COc1cccc(CN(CCOC(=O)C(C)OC(=O)C(C)OC(=O)CCC(=O)N(C2=NCCN2)c2ccc3nccnc3c2Br)C(=O)Nc2ccc(-c3cn[nH]c3)cc2OCCN2CCCC2)c1. The van der Waals surface area contributed by atoms with Crippen LogP contribution in [0.1, 0.15) is 45.1 Å². The molecule has 0 saturated carbocycles. The van der Waals surface area contributed by atoms with Gasteiger partial charge in [-0.3, -0.25) is 34.5 Å². The van der Waals surface area contributed by atoms with Crippen LogP contribution < -0.4 is 25.0 Å². The van der Waals surface area contributed by atoms with Gasteiger partial charge < -0.3 is 39.2 Å². The number of halogens is 1. The maximum Gasteiger partial charge on any atom is 0.347 e. The van der Waals surface area contributed by atoms with Gasteiger partial charge in [0.05, 0.1) is 54.2 Å². The van der Waals surface area contributed by atoms with Gasteiger partial charge in [0.1, 0.15) is 30.2 Å². The molecule has 20 nitrogen and oxygen atoms in total. The highest BCUT2D eigenvalue weighted by Crippen LogP contribution is 2.34. The third-order valence-electron chi connectivity index (χ3n) is 11.0. The number of rotatable bonds is 20. The first-order chi connectivity index (χ1) is 33.0. The molecule has 0 radical (unpaired) electrons. The van der Waals surface area contributed by atoms with Gasteiger partial charge in [0.25, 0.3) is 0 Å². The quantitative estimate of drug-likeness (QED) is 0.0648. The Morgan fingerprint density at radius 3 is 2.49 bits per heavy atom. The molecule has 2 unspecified atom stereocenters. The summed E-state index contributed by atoms with van der Waals surface area (Å²) in [6.45, 7) is 6.62. The lowest BCUT2D eigenvalue weighted by Gasteiger charge is -2.25. The molecule has 2 aromatic heterocycles. The fourth-order valence-electron chi connectivity index (χ4n) is 7.45. The van der Waals surface area contributed by atoms with E-state index in [1.54, 1.807) is 62.1 Å². The van der Waals surface area contributed by atoms with Crippen molar-refractivity contribution in [1.82, 2.24) is 35.3 Å². The molecule has 7 rings (SSSR count). The predicted octanol–water partition coefficient (Wildman–Crippen LogP) is 5.48. The van der Waals surface area contributed by atoms with Crippen LogP contribution in [-0.2, 0) is 39.9 Å². The molecule has 3 N–H and O–H groups in total. The number of amides is 3. The van der Waals surface area contributed by atoms with Crippen molar-refractivity contribution in [2.75, 3.05) is 69.8 Å². The molecule has 1 fully saturated rings. The molecule has 2 aliphatic rings. The summed E-state index contributed by atoms with van der Waals surface area (Å²) in [6, 6.07) is 15.6. The van der Waals surface area contributed by atoms with Gasteiger partial charge in [-0.1, -0.05) is 18.2 Å². The second-order valence-electron chi connectivity index (χ2n) is 15.9. The third kappa shape index (κ3) is 12.8. The predicted molar refractivity (Wildman–Crippen MR) is 254 cm³/mol. The molecule has 1 saturated heterocycles. The van der Waals surface area contributed by atoms with Gasteiger partial charge >= 0.3 is 23.9 Å². The molecule has 68 heavy (non-hydrogen) atoms. The first-order valence-electron chi connectivity index (χ1n) is 22.2. The fourth-order valence-corrected chi connectivity index (χ4v) is 8.06. The Morgan fingerprint density at radius 1 is 0.912 bits per heavy atom. The number of urea groups is 1. The van der Waals surface area contributed by atoms with Gasteiger partial charge in [-0.2, -0.15) is 5.10 Å². The number of nitrogens with one attached hydrogen (secondary N) is 3. The van der Waals surface area contributed by atoms with Gasteiger partial charge in [0.2, 0.25) is 11.9 Å². The van der Waals surface area contributed by atoms with E-state index in [0.29, 0.717) is 64.0 Å². The number of aromatic nitrogens is 4. The highest BCUT2D eigenvalue weighted by molar-refractivity contribution is 9.10. The summed E-state index contributed by atoms with van der Waals surface area (Å²) in [5.41, 5.74) is 4.50. The number of methoxy groups -OCH3 is 1. The van der Waals surface area contributed by atoms with Gasteiger partial charge in [0, 0.05) is 50.2 Å². The Kier molecular flexibility index (Phi) is 16.9. The highest BCUT2D eigenvalue weighted by Gasteiger charge is 2.30. The number of hydrogen-bond donors (Lipinski definition) is 3. The lowest BCUT2D eigenvalue weighted by Crippen LogP contribution is -2.43. The van der Waals surface area contributed by atoms with E-state index in [-0.39, 0.29) is 32.5 Å². The van der Waals surface area contributed by atoms with Crippen LogP contribution in [0.25, 0.3) is 22.2 Å². The molecule has 358 valence electrons. The van der Waals surface area contributed by atoms with E-state index < -0.39 is 42.1 Å². The van der Waals surface area contributed by atoms with Crippen molar-refractivity contribution < 1.29 is 47.7 Å². The fraction of sp³-hybridized carbons (Fsp3) is 0.383. The van der Waals surface area contributed by atoms with Crippen molar-refractivity contribution in [3.63, 3.8) is 0 Å². The van der Waals surface area contributed by atoms with E-state index in [4.69, 9.17) is 23.7 Å². The first-order valence-corrected chi connectivity index (χ1v) is 23.0. The molecule has 3 amide bonds. The summed E-state index contributed by atoms with van der Waals surface area (Å²) >= 11 is 3.55. The molecular formula is C47H53BrN10O10. The lowest BCUT2D eigenvalue weighted by atomic mass is 10.1. The average Bonchev–Trinajstić information content (AvgIpc) is 4.18. The molecule has 5 aromatic rings. The zero-order chi connectivity index (χ0) is 48.0. The Balaban J connectivity index is 0.924. The highest BCUT2D eigenvalue weighted by atomic mass is 79.9. The number of carbonyl (C=O) groups excluding carboxylic acids is 5. The van der Waals surface area contributed by atoms with Crippen molar-refractivity contribution in [3.05, 3.63) is 89.4 Å². The number of aliphatic imine (C=N–C) groups is 1. The van der Waals surface area contributed by atoms with Crippen LogP contribution in [0, 0.1) is 0 Å². The van der Waals surface area contributed by atoms with Crippen molar-refractivity contribution in [2.45, 2.75) is 58.3 Å². The first kappa shape index (κ1) is 48.8. The number of benzene rings is 3. The number of hydrogen-bond acceptors (Lipinski definition) is 16. The molecular weight excluding hydrogens is 944 g/mol. The number of aromatic amines is 1. The molecule has 0 aliphatic carbocycles. The number of H-pyrrole nitrogens is 1. The number of ether oxygens (including phenoxy) is 5. The van der Waals surface area contributed by atoms with Crippen molar-refractivity contribution in [3.8, 4) is 22.6 Å². The minimum Gasteiger partial charge on any atom is -0.497 e. The molecule has 3 aromatic carbocycles. The summed E-state index contributed by atoms with van der Waals surface area (Å²) < 4.78 is 28.3. The molecule has 2 aliphatic heterocycles. The van der Waals surface area contributed by atoms with Crippen LogP contribution >= 0.6 is 15.9 Å². The van der Waals surface area contributed by atoms with Gasteiger partial charge in [-0.25, -0.2) is 19.3 Å². The smallest absolute Gasteiger partial charge is 0.347 e. The van der Waals surface area contributed by atoms with Crippen molar-refractivity contribution in [1.29, 1.82) is 0 Å². The number of guanidine groups is 1. The number of esters is 3. The minimum absolute atomic E-state index is 0.0484. The van der Waals surface area contributed by atoms with Gasteiger partial charge in [0.15, 0.2) is 12.2 Å². The van der Waals surface area contributed by atoms with E-state index in [2.05, 4.69) is 56.6 Å². The monoisotopic (exact) mass is 996 g/mol. The average molecular weight is 998 g/mol. The van der Waals surface area contributed by atoms with E-state index in [9.17, 15) is 24.0 Å². The third-order valence-corrected chi connectivity index (χ3v) is 11.8. The number of anilines is 2. The Labute approximate surface area is 400 Å². The molecule has 2 atom stereocenters.